The largest absolute Gasteiger partial charge is 0.365 e. The molecule has 0 radical (unpaired) electrons. The van der Waals surface area contributed by atoms with Crippen molar-refractivity contribution in [2.75, 3.05) is 26.7 Å². The third-order valence-electron chi connectivity index (χ3n) is 3.97. The highest BCUT2D eigenvalue weighted by Gasteiger charge is 2.32. The first-order valence-corrected chi connectivity index (χ1v) is 7.15. The Bertz CT molecular complexity index is 303. The second-order valence-electron chi connectivity index (χ2n) is 5.88. The molecule has 18 heavy (non-hydrogen) atoms. The lowest BCUT2D eigenvalue weighted by atomic mass is 9.98. The zero-order valence-corrected chi connectivity index (χ0v) is 11.9. The Kier molecular flexibility index (Phi) is 4.78. The van der Waals surface area contributed by atoms with Crippen molar-refractivity contribution in [3.05, 3.63) is 11.6 Å². The van der Waals surface area contributed by atoms with Gasteiger partial charge in [0.2, 0.25) is 0 Å². The number of hydrogen-bond donors (Lipinski definition) is 2. The van der Waals surface area contributed by atoms with Crippen LogP contribution in [-0.4, -0.2) is 60.0 Å². The van der Waals surface area contributed by atoms with Gasteiger partial charge in [0.15, 0.2) is 6.35 Å². The van der Waals surface area contributed by atoms with E-state index in [1.54, 1.807) is 0 Å². The summed E-state index contributed by atoms with van der Waals surface area (Å²) in [6.45, 7) is 7.34. The van der Waals surface area contributed by atoms with Gasteiger partial charge in [0.1, 0.15) is 0 Å². The zero-order valence-electron chi connectivity index (χ0n) is 11.9. The number of nitrogens with one attached hydrogen (secondary N) is 1. The van der Waals surface area contributed by atoms with Crippen molar-refractivity contribution in [1.82, 2.24) is 15.1 Å². The predicted octanol–water partition coefficient (Wildman–Crippen LogP) is 0.987. The highest BCUT2D eigenvalue weighted by Crippen LogP contribution is 2.28. The lowest BCUT2D eigenvalue weighted by Gasteiger charge is -2.34. The summed E-state index contributed by atoms with van der Waals surface area (Å²) in [6, 6.07) is 0.757. The molecule has 2 N–H and O–H groups in total. The highest BCUT2D eigenvalue weighted by molar-refractivity contribution is 5.16. The van der Waals surface area contributed by atoms with Gasteiger partial charge in [0.25, 0.3) is 0 Å². The third-order valence-corrected chi connectivity index (χ3v) is 3.97. The summed E-state index contributed by atoms with van der Waals surface area (Å²) in [5, 5.41) is 13.5. The Hall–Kier alpha value is -0.420. The van der Waals surface area contributed by atoms with Gasteiger partial charge in [0, 0.05) is 31.7 Å². The summed E-state index contributed by atoms with van der Waals surface area (Å²) in [5.74, 6) is 0. The van der Waals surface area contributed by atoms with E-state index in [1.807, 2.05) is 0 Å². The van der Waals surface area contributed by atoms with E-state index >= 15 is 0 Å². The highest BCUT2D eigenvalue weighted by atomic mass is 16.3. The van der Waals surface area contributed by atoms with Crippen molar-refractivity contribution in [2.24, 2.45) is 0 Å². The second kappa shape index (κ2) is 6.15. The Labute approximate surface area is 111 Å². The molecule has 2 aliphatic rings. The zero-order chi connectivity index (χ0) is 13.1. The van der Waals surface area contributed by atoms with Crippen molar-refractivity contribution in [2.45, 2.75) is 51.5 Å². The first-order valence-electron chi connectivity index (χ1n) is 7.15. The summed E-state index contributed by atoms with van der Waals surface area (Å²) in [5.41, 5.74) is 1.52. The van der Waals surface area contributed by atoms with Crippen LogP contribution in [0, 0.1) is 0 Å². The molecule has 0 spiro atoms. The molecule has 0 amide bonds. The van der Waals surface area contributed by atoms with Crippen LogP contribution in [0.4, 0.5) is 0 Å². The van der Waals surface area contributed by atoms with Gasteiger partial charge in [-0.25, -0.2) is 0 Å². The number of likely N-dealkylation sites (N-methyl/N-ethyl adjacent to an activating group) is 1. The van der Waals surface area contributed by atoms with Crippen LogP contribution >= 0.6 is 0 Å². The maximum absolute atomic E-state index is 10.2. The summed E-state index contributed by atoms with van der Waals surface area (Å²) in [7, 11) is 2.16. The molecule has 1 unspecified atom stereocenters. The molecule has 0 aromatic rings. The van der Waals surface area contributed by atoms with Crippen molar-refractivity contribution in [3.8, 4) is 0 Å². The number of likely N-dealkylation sites (tertiary alicyclic amines) is 1. The Morgan fingerprint density at radius 1 is 1.39 bits per heavy atom. The minimum atomic E-state index is -0.502. The summed E-state index contributed by atoms with van der Waals surface area (Å²) in [4.78, 5) is 4.56. The molecule has 0 aromatic heterocycles. The van der Waals surface area contributed by atoms with Gasteiger partial charge in [0.05, 0.1) is 0 Å². The van der Waals surface area contributed by atoms with E-state index < -0.39 is 6.35 Å². The molecule has 2 atom stereocenters. The van der Waals surface area contributed by atoms with Gasteiger partial charge in [-0.3, -0.25) is 10.2 Å². The SMILES string of the molecule is CC(C)NC(O)N1CCC[C@H]1C1=CCN(C)CC1. The number of aliphatic hydroxyl groups excluding tert-OH is 1. The van der Waals surface area contributed by atoms with Gasteiger partial charge in [-0.05, 0) is 40.2 Å². The molecule has 1 fully saturated rings. The van der Waals surface area contributed by atoms with Crippen LogP contribution in [0.25, 0.3) is 0 Å². The van der Waals surface area contributed by atoms with Crippen LogP contribution in [-0.2, 0) is 0 Å². The normalized spacial score (nSPS) is 28.7. The Morgan fingerprint density at radius 3 is 2.78 bits per heavy atom. The van der Waals surface area contributed by atoms with Crippen LogP contribution in [0.15, 0.2) is 11.6 Å². The smallest absolute Gasteiger partial charge is 0.163 e. The molecular formula is C14H27N3O. The van der Waals surface area contributed by atoms with Gasteiger partial charge in [-0.2, -0.15) is 0 Å². The Balaban J connectivity index is 1.99. The van der Waals surface area contributed by atoms with Crippen LogP contribution in [0.2, 0.25) is 0 Å². The van der Waals surface area contributed by atoms with Crippen molar-refractivity contribution in [1.29, 1.82) is 0 Å². The van der Waals surface area contributed by atoms with Crippen LogP contribution in [0.3, 0.4) is 0 Å². The molecule has 2 aliphatic heterocycles. The topological polar surface area (TPSA) is 38.7 Å². The van der Waals surface area contributed by atoms with Crippen LogP contribution < -0.4 is 5.32 Å². The second-order valence-corrected chi connectivity index (χ2v) is 5.88. The van der Waals surface area contributed by atoms with E-state index in [9.17, 15) is 5.11 Å². The van der Waals surface area contributed by atoms with Crippen LogP contribution in [0.1, 0.15) is 33.1 Å². The maximum atomic E-state index is 10.2. The molecule has 4 heteroatoms. The molecule has 1 saturated heterocycles. The van der Waals surface area contributed by atoms with Gasteiger partial charge >= 0.3 is 0 Å². The lowest BCUT2D eigenvalue weighted by molar-refractivity contribution is -0.0294. The summed E-state index contributed by atoms with van der Waals surface area (Å²) >= 11 is 0. The van der Waals surface area contributed by atoms with Crippen molar-refractivity contribution >= 4 is 0 Å². The molecule has 0 aliphatic carbocycles. The molecule has 0 aromatic carbocycles. The molecule has 4 nitrogen and oxygen atoms in total. The summed E-state index contributed by atoms with van der Waals surface area (Å²) < 4.78 is 0. The molecular weight excluding hydrogens is 226 g/mol. The average Bonchev–Trinajstić information content (AvgIpc) is 2.78. The molecule has 104 valence electrons. The molecule has 2 rings (SSSR count). The first-order chi connectivity index (χ1) is 8.58. The van der Waals surface area contributed by atoms with Crippen molar-refractivity contribution in [3.63, 3.8) is 0 Å². The third kappa shape index (κ3) is 3.32. The fourth-order valence-corrected chi connectivity index (χ4v) is 2.96. The number of nitrogens with zero attached hydrogens (tertiary/aromatic N) is 2. The van der Waals surface area contributed by atoms with E-state index in [4.69, 9.17) is 0 Å². The van der Waals surface area contributed by atoms with Crippen LogP contribution in [0.5, 0.6) is 0 Å². The average molecular weight is 253 g/mol. The van der Waals surface area contributed by atoms with E-state index in [2.05, 4.69) is 42.1 Å². The molecule has 0 saturated carbocycles. The first kappa shape index (κ1) is 14.0. The Morgan fingerprint density at radius 2 is 2.17 bits per heavy atom. The van der Waals surface area contributed by atoms with Crippen molar-refractivity contribution < 1.29 is 5.11 Å². The minimum absolute atomic E-state index is 0.313. The van der Waals surface area contributed by atoms with E-state index in [0.29, 0.717) is 12.1 Å². The molecule has 2 heterocycles. The quantitative estimate of drug-likeness (QED) is 0.579. The number of hydrogen-bond acceptors (Lipinski definition) is 4. The van der Waals surface area contributed by atoms with E-state index in [1.165, 1.54) is 18.4 Å². The molecule has 0 bridgehead atoms. The fourth-order valence-electron chi connectivity index (χ4n) is 2.96. The predicted molar refractivity (Wildman–Crippen MR) is 74.2 cm³/mol. The van der Waals surface area contributed by atoms with E-state index in [0.717, 1.165) is 26.1 Å². The van der Waals surface area contributed by atoms with Gasteiger partial charge in [-0.15, -0.1) is 0 Å². The lowest BCUT2D eigenvalue weighted by Crippen LogP contribution is -2.51. The minimum Gasteiger partial charge on any atom is -0.365 e. The summed E-state index contributed by atoms with van der Waals surface area (Å²) in [6.07, 6.45) is 5.37. The maximum Gasteiger partial charge on any atom is 0.163 e. The van der Waals surface area contributed by atoms with E-state index in [-0.39, 0.29) is 0 Å². The number of rotatable bonds is 4. The number of aliphatic hydroxyl groups is 1. The standard InChI is InChI=1S/C14H27N3O/c1-11(2)15-14(18)17-8-4-5-13(17)12-6-9-16(3)10-7-12/h6,11,13-15,18H,4-5,7-10H2,1-3H3/t13-,14?/m0/s1. The monoisotopic (exact) mass is 253 g/mol. The van der Waals surface area contributed by atoms with Gasteiger partial charge in [-0.1, -0.05) is 11.6 Å². The fraction of sp³-hybridized carbons (Fsp3) is 0.857. The van der Waals surface area contributed by atoms with Gasteiger partial charge < -0.3 is 10.0 Å².